The second kappa shape index (κ2) is 5.06. The van der Waals surface area contributed by atoms with Gasteiger partial charge < -0.3 is 9.84 Å². The van der Waals surface area contributed by atoms with E-state index in [0.29, 0.717) is 0 Å². The van der Waals surface area contributed by atoms with Crippen molar-refractivity contribution in [2.45, 2.75) is 51.8 Å². The van der Waals surface area contributed by atoms with E-state index in [1.54, 1.807) is 27.7 Å². The lowest BCUT2D eigenvalue weighted by atomic mass is 9.84. The highest BCUT2D eigenvalue weighted by Gasteiger charge is 2.47. The molecule has 1 aromatic carbocycles. The summed E-state index contributed by atoms with van der Waals surface area (Å²) in [5.74, 6) is -1.03. The van der Waals surface area contributed by atoms with Crippen molar-refractivity contribution >= 4 is 12.1 Å². The molecule has 1 amide bonds. The molecule has 0 saturated carbocycles. The third-order valence-electron chi connectivity index (χ3n) is 3.65. The highest BCUT2D eigenvalue weighted by Crippen LogP contribution is 2.32. The van der Waals surface area contributed by atoms with Crippen molar-refractivity contribution in [2.75, 3.05) is 0 Å². The van der Waals surface area contributed by atoms with Gasteiger partial charge in [-0.1, -0.05) is 24.3 Å². The predicted octanol–water partition coefficient (Wildman–Crippen LogP) is 2.82. The van der Waals surface area contributed by atoms with Crippen LogP contribution in [0.5, 0.6) is 0 Å². The number of carbonyl (C=O) groups is 2. The Hall–Kier alpha value is -2.04. The predicted molar refractivity (Wildman–Crippen MR) is 78.0 cm³/mol. The van der Waals surface area contributed by atoms with Gasteiger partial charge in [0.25, 0.3) is 0 Å². The number of ether oxygens (including phenoxy) is 1. The van der Waals surface area contributed by atoms with E-state index in [-0.39, 0.29) is 13.0 Å². The average Bonchev–Trinajstić information content (AvgIpc) is 2.35. The van der Waals surface area contributed by atoms with E-state index < -0.39 is 23.2 Å². The molecule has 1 aliphatic rings. The molecule has 5 heteroatoms. The summed E-state index contributed by atoms with van der Waals surface area (Å²) in [6, 6.07) is 7.58. The minimum atomic E-state index is -1.29. The summed E-state index contributed by atoms with van der Waals surface area (Å²) < 4.78 is 5.36. The van der Waals surface area contributed by atoms with Crippen molar-refractivity contribution in [1.29, 1.82) is 0 Å². The molecular formula is C16H21NO4. The first-order valence-corrected chi connectivity index (χ1v) is 6.94. The molecule has 0 radical (unpaired) electrons. The monoisotopic (exact) mass is 291 g/mol. The molecule has 0 spiro atoms. The maximum atomic E-state index is 12.4. The summed E-state index contributed by atoms with van der Waals surface area (Å²) in [6.07, 6.45) is -0.320. The fourth-order valence-electron chi connectivity index (χ4n) is 2.47. The Kier molecular flexibility index (Phi) is 3.70. The lowest BCUT2D eigenvalue weighted by molar-refractivity contribution is -0.151. The molecule has 114 valence electrons. The number of benzene rings is 1. The van der Waals surface area contributed by atoms with Crippen LogP contribution in [0.4, 0.5) is 4.79 Å². The van der Waals surface area contributed by atoms with Gasteiger partial charge in [-0.3, -0.25) is 4.90 Å². The van der Waals surface area contributed by atoms with E-state index in [1.165, 1.54) is 4.90 Å². The van der Waals surface area contributed by atoms with Crippen LogP contribution >= 0.6 is 0 Å². The molecule has 2 rings (SSSR count). The van der Waals surface area contributed by atoms with Crippen molar-refractivity contribution in [1.82, 2.24) is 4.90 Å². The number of hydrogen-bond acceptors (Lipinski definition) is 3. The van der Waals surface area contributed by atoms with Crippen LogP contribution < -0.4 is 0 Å². The average molecular weight is 291 g/mol. The van der Waals surface area contributed by atoms with Crippen molar-refractivity contribution < 1.29 is 19.4 Å². The number of carboxylic acid groups (broad SMARTS) is 1. The molecule has 0 aromatic heterocycles. The van der Waals surface area contributed by atoms with Gasteiger partial charge in [0.05, 0.1) is 6.54 Å². The van der Waals surface area contributed by atoms with Crippen molar-refractivity contribution in [3.05, 3.63) is 35.4 Å². The van der Waals surface area contributed by atoms with E-state index in [2.05, 4.69) is 0 Å². The summed E-state index contributed by atoms with van der Waals surface area (Å²) >= 11 is 0. The Labute approximate surface area is 124 Å². The Balaban J connectivity index is 2.38. The first kappa shape index (κ1) is 15.4. The lowest BCUT2D eigenvalue weighted by Crippen LogP contribution is -2.59. The van der Waals surface area contributed by atoms with Gasteiger partial charge in [-0.25, -0.2) is 9.59 Å². The zero-order valence-corrected chi connectivity index (χ0v) is 12.8. The standard InChI is InChI=1S/C16H21NO4/c1-15(2,3)21-14(20)17-10-12-8-6-5-7-11(12)9-16(17,4)13(18)19/h5-8H,9-10H2,1-4H3,(H,18,19)/t16-/m0/s1. The number of fused-ring (bicyclic) bond motifs is 1. The number of nitrogens with zero attached hydrogens (tertiary/aromatic N) is 1. The van der Waals surface area contributed by atoms with Crippen molar-refractivity contribution in [2.24, 2.45) is 0 Å². The third kappa shape index (κ3) is 3.01. The number of carboxylic acids is 1. The third-order valence-corrected chi connectivity index (χ3v) is 3.65. The maximum absolute atomic E-state index is 12.4. The van der Waals surface area contributed by atoms with Crippen LogP contribution in [0, 0.1) is 0 Å². The Morgan fingerprint density at radius 2 is 1.81 bits per heavy atom. The van der Waals surface area contributed by atoms with Crippen LogP contribution in [0.2, 0.25) is 0 Å². The Bertz CT molecular complexity index is 576. The van der Waals surface area contributed by atoms with Crippen LogP contribution in [0.25, 0.3) is 0 Å². The number of hydrogen-bond donors (Lipinski definition) is 1. The molecule has 1 aliphatic heterocycles. The van der Waals surface area contributed by atoms with Crippen LogP contribution in [-0.4, -0.2) is 33.2 Å². The van der Waals surface area contributed by atoms with Gasteiger partial charge >= 0.3 is 12.1 Å². The molecule has 0 fully saturated rings. The molecule has 1 atom stereocenters. The quantitative estimate of drug-likeness (QED) is 0.864. The summed E-state index contributed by atoms with van der Waals surface area (Å²) in [5, 5.41) is 9.59. The molecule has 5 nitrogen and oxygen atoms in total. The lowest BCUT2D eigenvalue weighted by Gasteiger charge is -2.42. The summed E-state index contributed by atoms with van der Waals surface area (Å²) in [6.45, 7) is 7.10. The number of aliphatic carboxylic acids is 1. The SMILES string of the molecule is CC(C)(C)OC(=O)N1Cc2ccccc2C[C@@]1(C)C(=O)O. The van der Waals surface area contributed by atoms with E-state index in [9.17, 15) is 14.7 Å². The highest BCUT2D eigenvalue weighted by atomic mass is 16.6. The van der Waals surface area contributed by atoms with Crippen molar-refractivity contribution in [3.63, 3.8) is 0 Å². The topological polar surface area (TPSA) is 66.8 Å². The second-order valence-corrected chi connectivity index (χ2v) is 6.59. The van der Waals surface area contributed by atoms with Crippen LogP contribution in [0.3, 0.4) is 0 Å². The minimum Gasteiger partial charge on any atom is -0.479 e. The molecule has 0 bridgehead atoms. The summed E-state index contributed by atoms with van der Waals surface area (Å²) in [5.41, 5.74) is -0.0336. The largest absolute Gasteiger partial charge is 0.479 e. The minimum absolute atomic E-state index is 0.244. The smallest absolute Gasteiger partial charge is 0.411 e. The van der Waals surface area contributed by atoms with Gasteiger partial charge in [0, 0.05) is 6.42 Å². The maximum Gasteiger partial charge on any atom is 0.411 e. The zero-order chi connectivity index (χ0) is 15.8. The van der Waals surface area contributed by atoms with E-state index in [1.807, 2.05) is 24.3 Å². The van der Waals surface area contributed by atoms with E-state index in [0.717, 1.165) is 11.1 Å². The molecule has 1 heterocycles. The first-order valence-electron chi connectivity index (χ1n) is 6.94. The normalized spacial score (nSPS) is 21.6. The fraction of sp³-hybridized carbons (Fsp3) is 0.500. The molecule has 21 heavy (non-hydrogen) atoms. The Morgan fingerprint density at radius 3 is 2.33 bits per heavy atom. The van der Waals surface area contributed by atoms with Gasteiger partial charge in [-0.2, -0.15) is 0 Å². The summed E-state index contributed by atoms with van der Waals surface area (Å²) in [7, 11) is 0. The molecule has 1 aromatic rings. The molecule has 0 unspecified atom stereocenters. The molecular weight excluding hydrogens is 270 g/mol. The molecule has 1 N–H and O–H groups in total. The van der Waals surface area contributed by atoms with E-state index in [4.69, 9.17) is 4.74 Å². The first-order chi connectivity index (χ1) is 9.63. The van der Waals surface area contributed by atoms with Gasteiger partial charge in [0.2, 0.25) is 0 Å². The zero-order valence-electron chi connectivity index (χ0n) is 12.8. The number of rotatable bonds is 1. The fourth-order valence-corrected chi connectivity index (χ4v) is 2.47. The number of carbonyl (C=O) groups excluding carboxylic acids is 1. The van der Waals surface area contributed by atoms with E-state index >= 15 is 0 Å². The van der Waals surface area contributed by atoms with Gasteiger partial charge in [-0.05, 0) is 38.8 Å². The van der Waals surface area contributed by atoms with Crippen molar-refractivity contribution in [3.8, 4) is 0 Å². The van der Waals surface area contributed by atoms with Gasteiger partial charge in [-0.15, -0.1) is 0 Å². The van der Waals surface area contributed by atoms with Crippen LogP contribution in [0.1, 0.15) is 38.8 Å². The summed E-state index contributed by atoms with van der Waals surface area (Å²) in [4.78, 5) is 25.4. The molecule has 0 aliphatic carbocycles. The highest BCUT2D eigenvalue weighted by molar-refractivity contribution is 5.85. The van der Waals surface area contributed by atoms with Gasteiger partial charge in [0.1, 0.15) is 11.1 Å². The van der Waals surface area contributed by atoms with Gasteiger partial charge in [0.15, 0.2) is 0 Å². The van der Waals surface area contributed by atoms with Crippen LogP contribution in [0.15, 0.2) is 24.3 Å². The Morgan fingerprint density at radius 1 is 1.24 bits per heavy atom. The second-order valence-electron chi connectivity index (χ2n) is 6.59. The van der Waals surface area contributed by atoms with Crippen LogP contribution in [-0.2, 0) is 22.5 Å². The molecule has 0 saturated heterocycles. The number of amides is 1.